The van der Waals surface area contributed by atoms with Crippen molar-refractivity contribution in [2.45, 2.75) is 27.2 Å². The lowest BCUT2D eigenvalue weighted by Crippen LogP contribution is -2.48. The van der Waals surface area contributed by atoms with Crippen LogP contribution in [0.1, 0.15) is 26.3 Å². The van der Waals surface area contributed by atoms with E-state index in [2.05, 4.69) is 39.1 Å². The molecule has 1 amide bonds. The van der Waals surface area contributed by atoms with Gasteiger partial charge in [-0.2, -0.15) is 0 Å². The van der Waals surface area contributed by atoms with Gasteiger partial charge in [0.25, 0.3) is 0 Å². The largest absolute Gasteiger partial charge is 0.368 e. The van der Waals surface area contributed by atoms with Crippen molar-refractivity contribution in [1.82, 2.24) is 19.9 Å². The lowest BCUT2D eigenvalue weighted by molar-refractivity contribution is -0.129. The third-order valence-corrected chi connectivity index (χ3v) is 5.68. The Labute approximate surface area is 176 Å². The number of amides is 1. The number of aldehydes is 1. The minimum atomic E-state index is -0.444. The molecule has 2 aromatic heterocycles. The van der Waals surface area contributed by atoms with Gasteiger partial charge in [0.15, 0.2) is 5.65 Å². The molecule has 0 atom stereocenters. The summed E-state index contributed by atoms with van der Waals surface area (Å²) in [5.74, 6) is 0.139. The highest BCUT2D eigenvalue weighted by molar-refractivity contribution is 5.79. The molecule has 7 heteroatoms. The highest BCUT2D eigenvalue weighted by Gasteiger charge is 2.21. The van der Waals surface area contributed by atoms with Crippen LogP contribution < -0.4 is 4.90 Å². The molecule has 0 saturated carbocycles. The molecule has 3 heterocycles. The van der Waals surface area contributed by atoms with Crippen LogP contribution in [0.5, 0.6) is 0 Å². The monoisotopic (exact) mass is 405 g/mol. The number of hydrogen-bond donors (Lipinski definition) is 1. The first-order valence-electron chi connectivity index (χ1n) is 10.3. The molecule has 1 fully saturated rings. The van der Waals surface area contributed by atoms with Crippen molar-refractivity contribution >= 4 is 29.0 Å². The molecule has 0 bridgehead atoms. The Bertz CT molecular complexity index is 1060. The summed E-state index contributed by atoms with van der Waals surface area (Å²) in [6.07, 6.45) is 5.26. The fraction of sp³-hybridized carbons (Fsp3) is 0.391. The summed E-state index contributed by atoms with van der Waals surface area (Å²) >= 11 is 0. The van der Waals surface area contributed by atoms with Gasteiger partial charge in [-0.05, 0) is 24.1 Å². The third kappa shape index (κ3) is 4.06. The van der Waals surface area contributed by atoms with Crippen LogP contribution in [-0.4, -0.2) is 58.2 Å². The van der Waals surface area contributed by atoms with E-state index in [1.807, 2.05) is 24.9 Å². The SMILES string of the molecule is CC(=O)N1CCN(c2ccc(-c3cnc4[nH]cc(CC(C)(C)C=O)c4n3)cc2)CC1. The first kappa shape index (κ1) is 20.1. The number of carbonyl (C=O) groups is 2. The van der Waals surface area contributed by atoms with Gasteiger partial charge < -0.3 is 19.6 Å². The number of rotatable bonds is 5. The average molecular weight is 406 g/mol. The van der Waals surface area contributed by atoms with Gasteiger partial charge in [-0.1, -0.05) is 26.0 Å². The zero-order valence-corrected chi connectivity index (χ0v) is 17.7. The summed E-state index contributed by atoms with van der Waals surface area (Å²) in [6.45, 7) is 8.65. The highest BCUT2D eigenvalue weighted by atomic mass is 16.2. The summed E-state index contributed by atoms with van der Waals surface area (Å²) < 4.78 is 0. The van der Waals surface area contributed by atoms with Crippen molar-refractivity contribution in [2.24, 2.45) is 5.41 Å². The van der Waals surface area contributed by atoms with E-state index in [4.69, 9.17) is 4.98 Å². The molecule has 0 aliphatic carbocycles. The molecule has 0 spiro atoms. The second-order valence-electron chi connectivity index (χ2n) is 8.59. The third-order valence-electron chi connectivity index (χ3n) is 5.68. The number of piperazine rings is 1. The van der Waals surface area contributed by atoms with Crippen LogP contribution in [0.15, 0.2) is 36.7 Å². The smallest absolute Gasteiger partial charge is 0.219 e. The van der Waals surface area contributed by atoms with Crippen molar-refractivity contribution in [3.05, 3.63) is 42.2 Å². The lowest BCUT2D eigenvalue weighted by Gasteiger charge is -2.35. The molecule has 0 unspecified atom stereocenters. The number of benzene rings is 1. The first-order valence-corrected chi connectivity index (χ1v) is 10.3. The fourth-order valence-electron chi connectivity index (χ4n) is 3.87. The van der Waals surface area contributed by atoms with Gasteiger partial charge in [0.1, 0.15) is 11.8 Å². The van der Waals surface area contributed by atoms with Crippen molar-refractivity contribution in [3.63, 3.8) is 0 Å². The molecule has 3 aromatic rings. The van der Waals surface area contributed by atoms with Crippen LogP contribution in [0, 0.1) is 5.41 Å². The van der Waals surface area contributed by atoms with E-state index in [-0.39, 0.29) is 5.91 Å². The van der Waals surface area contributed by atoms with Crippen LogP contribution in [0.4, 0.5) is 5.69 Å². The number of fused-ring (bicyclic) bond motifs is 1. The van der Waals surface area contributed by atoms with Crippen LogP contribution in [0.25, 0.3) is 22.4 Å². The second-order valence-corrected chi connectivity index (χ2v) is 8.59. The van der Waals surface area contributed by atoms with Gasteiger partial charge in [0, 0.05) is 56.0 Å². The molecule has 1 saturated heterocycles. The van der Waals surface area contributed by atoms with Gasteiger partial charge in [-0.25, -0.2) is 9.97 Å². The minimum Gasteiger partial charge on any atom is -0.368 e. The maximum absolute atomic E-state index is 11.5. The quantitative estimate of drug-likeness (QED) is 0.660. The maximum atomic E-state index is 11.5. The topological polar surface area (TPSA) is 82.2 Å². The number of nitrogens with one attached hydrogen (secondary N) is 1. The van der Waals surface area contributed by atoms with Crippen molar-refractivity contribution in [1.29, 1.82) is 0 Å². The van der Waals surface area contributed by atoms with E-state index in [1.165, 1.54) is 0 Å². The highest BCUT2D eigenvalue weighted by Crippen LogP contribution is 2.27. The van der Waals surface area contributed by atoms with E-state index in [0.29, 0.717) is 6.42 Å². The number of anilines is 1. The van der Waals surface area contributed by atoms with Crippen LogP contribution in [0.3, 0.4) is 0 Å². The lowest BCUT2D eigenvalue weighted by atomic mass is 9.88. The van der Waals surface area contributed by atoms with Crippen LogP contribution in [0.2, 0.25) is 0 Å². The molecule has 7 nitrogen and oxygen atoms in total. The zero-order valence-electron chi connectivity index (χ0n) is 17.7. The van der Waals surface area contributed by atoms with Crippen molar-refractivity contribution < 1.29 is 9.59 Å². The Balaban J connectivity index is 1.54. The summed E-state index contributed by atoms with van der Waals surface area (Å²) in [5, 5.41) is 0. The molecular formula is C23H27N5O2. The summed E-state index contributed by atoms with van der Waals surface area (Å²) in [7, 11) is 0. The molecule has 4 rings (SSSR count). The number of nitrogens with zero attached hydrogens (tertiary/aromatic N) is 4. The van der Waals surface area contributed by atoms with Gasteiger partial charge >= 0.3 is 0 Å². The second kappa shape index (κ2) is 7.89. The molecular weight excluding hydrogens is 378 g/mol. The van der Waals surface area contributed by atoms with Gasteiger partial charge in [-0.15, -0.1) is 0 Å². The van der Waals surface area contributed by atoms with E-state index in [1.54, 1.807) is 13.1 Å². The Kier molecular flexibility index (Phi) is 5.28. The Morgan fingerprint density at radius 1 is 1.17 bits per heavy atom. The number of hydrogen-bond acceptors (Lipinski definition) is 5. The predicted octanol–water partition coefficient (Wildman–Crippen LogP) is 3.06. The normalized spacial score (nSPS) is 14.9. The molecule has 1 aliphatic heterocycles. The van der Waals surface area contributed by atoms with Crippen LogP contribution >= 0.6 is 0 Å². The Morgan fingerprint density at radius 3 is 2.50 bits per heavy atom. The van der Waals surface area contributed by atoms with E-state index < -0.39 is 5.41 Å². The van der Waals surface area contributed by atoms with E-state index >= 15 is 0 Å². The molecule has 1 aliphatic rings. The molecule has 1 aromatic carbocycles. The van der Waals surface area contributed by atoms with Crippen LogP contribution in [-0.2, 0) is 16.0 Å². The minimum absolute atomic E-state index is 0.139. The fourth-order valence-corrected chi connectivity index (χ4v) is 3.87. The first-order chi connectivity index (χ1) is 14.4. The van der Waals surface area contributed by atoms with Gasteiger partial charge in [0.2, 0.25) is 5.91 Å². The molecule has 156 valence electrons. The number of aromatic nitrogens is 3. The average Bonchev–Trinajstić information content (AvgIpc) is 3.15. The van der Waals surface area contributed by atoms with Gasteiger partial charge in [0.05, 0.1) is 11.9 Å². The molecule has 0 radical (unpaired) electrons. The number of aromatic amines is 1. The predicted molar refractivity (Wildman–Crippen MR) is 117 cm³/mol. The zero-order chi connectivity index (χ0) is 21.3. The molecule has 30 heavy (non-hydrogen) atoms. The molecule has 1 N–H and O–H groups in total. The summed E-state index contributed by atoms with van der Waals surface area (Å²) in [4.78, 5) is 39.5. The van der Waals surface area contributed by atoms with E-state index in [9.17, 15) is 9.59 Å². The van der Waals surface area contributed by atoms with Crippen molar-refractivity contribution in [3.8, 4) is 11.3 Å². The Hall–Kier alpha value is -3.22. The Morgan fingerprint density at radius 2 is 1.87 bits per heavy atom. The number of carbonyl (C=O) groups excluding carboxylic acids is 2. The van der Waals surface area contributed by atoms with Crippen molar-refractivity contribution in [2.75, 3.05) is 31.1 Å². The summed E-state index contributed by atoms with van der Waals surface area (Å²) in [5.41, 5.74) is 5.04. The maximum Gasteiger partial charge on any atom is 0.219 e. The standard InChI is InChI=1S/C23H27N5O2/c1-16(30)27-8-10-28(11-9-27)19-6-4-17(5-7-19)20-14-25-22-21(26-20)18(13-24-22)12-23(2,3)15-29/h4-7,13-15H,8-12H2,1-3H3,(H,24,25). The van der Waals surface area contributed by atoms with Gasteiger partial charge in [-0.3, -0.25) is 4.79 Å². The van der Waals surface area contributed by atoms with E-state index in [0.717, 1.165) is 66.1 Å². The summed E-state index contributed by atoms with van der Waals surface area (Å²) in [6, 6.07) is 8.31. The number of H-pyrrole nitrogens is 1.